The molecule has 1 atom stereocenters. The Morgan fingerprint density at radius 1 is 0.970 bits per heavy atom. The number of hydrogen-bond acceptors (Lipinski definition) is 4. The highest BCUT2D eigenvalue weighted by atomic mass is 19.1. The Kier molecular flexibility index (Phi) is 5.77. The number of aryl methyl sites for hydroxylation is 2. The molecule has 3 aromatic carbocycles. The first-order valence-electron chi connectivity index (χ1n) is 10.6. The molecule has 6 heteroatoms. The summed E-state index contributed by atoms with van der Waals surface area (Å²) in [5.74, 6) is -2.24. The average Bonchev–Trinajstić information content (AvgIpc) is 3.06. The lowest BCUT2D eigenvalue weighted by Gasteiger charge is -2.26. The minimum atomic E-state index is -0.826. The van der Waals surface area contributed by atoms with Crippen LogP contribution in [0.4, 0.5) is 15.8 Å². The molecule has 0 spiro atoms. The monoisotopic (exact) mass is 444 g/mol. The van der Waals surface area contributed by atoms with Crippen molar-refractivity contribution in [3.8, 4) is 0 Å². The van der Waals surface area contributed by atoms with Crippen LogP contribution in [-0.4, -0.2) is 30.9 Å². The topological polar surface area (TPSA) is 60.9 Å². The Morgan fingerprint density at radius 3 is 2.27 bits per heavy atom. The van der Waals surface area contributed by atoms with E-state index in [-0.39, 0.29) is 16.9 Å². The van der Waals surface area contributed by atoms with E-state index in [1.807, 2.05) is 68.4 Å². The molecule has 1 N–H and O–H groups in total. The number of aliphatic hydroxyl groups is 1. The van der Waals surface area contributed by atoms with Crippen LogP contribution in [0.2, 0.25) is 0 Å². The van der Waals surface area contributed by atoms with Crippen molar-refractivity contribution in [1.29, 1.82) is 0 Å². The van der Waals surface area contributed by atoms with Gasteiger partial charge in [-0.05, 0) is 73.0 Å². The van der Waals surface area contributed by atoms with Crippen LogP contribution in [0.15, 0.2) is 72.3 Å². The number of aliphatic hydroxyl groups excluding tert-OH is 1. The Labute approximate surface area is 192 Å². The predicted octanol–water partition coefficient (Wildman–Crippen LogP) is 5.13. The Balaban J connectivity index is 1.94. The number of ketones is 1. The molecule has 1 unspecified atom stereocenters. The smallest absolute Gasteiger partial charge is 0.300 e. The molecule has 4 rings (SSSR count). The summed E-state index contributed by atoms with van der Waals surface area (Å²) in [6, 6.07) is 18.1. The Hall–Kier alpha value is -3.93. The number of carbonyl (C=O) groups excluding carboxylic acids is 2. The van der Waals surface area contributed by atoms with Crippen LogP contribution in [0.3, 0.4) is 0 Å². The van der Waals surface area contributed by atoms with Crippen LogP contribution in [0, 0.1) is 19.7 Å². The number of Topliss-reactive ketones (excluding diaryl/α,β-unsaturated/α-hetero) is 1. The van der Waals surface area contributed by atoms with Gasteiger partial charge >= 0.3 is 0 Å². The number of nitrogens with zero attached hydrogens (tertiary/aromatic N) is 2. The zero-order chi connectivity index (χ0) is 23.9. The fourth-order valence-corrected chi connectivity index (χ4v) is 4.09. The van der Waals surface area contributed by atoms with Crippen molar-refractivity contribution in [2.75, 3.05) is 23.9 Å². The maximum Gasteiger partial charge on any atom is 0.300 e. The van der Waals surface area contributed by atoms with E-state index in [4.69, 9.17) is 0 Å². The first kappa shape index (κ1) is 22.3. The molecule has 0 aliphatic carbocycles. The van der Waals surface area contributed by atoms with Crippen LogP contribution in [-0.2, 0) is 9.59 Å². The molecule has 1 aliphatic heterocycles. The summed E-state index contributed by atoms with van der Waals surface area (Å²) < 4.78 is 13.8. The standard InChI is InChI=1S/C27H25FN2O3/c1-16-6-5-7-21(14-16)30-24(18-8-11-20(12-9-18)29(3)4)23(26(32)27(30)33)25(31)19-10-13-22(28)17(2)15-19/h5-15,24,31H,1-4H3/b25-23-. The first-order chi connectivity index (χ1) is 15.7. The third kappa shape index (κ3) is 4.00. The number of rotatable bonds is 4. The van der Waals surface area contributed by atoms with Crippen LogP contribution in [0.25, 0.3) is 5.76 Å². The van der Waals surface area contributed by atoms with Gasteiger partial charge in [0, 0.05) is 31.0 Å². The quantitative estimate of drug-likeness (QED) is 0.344. The van der Waals surface area contributed by atoms with Crippen molar-refractivity contribution < 1.29 is 19.1 Å². The molecule has 5 nitrogen and oxygen atoms in total. The van der Waals surface area contributed by atoms with E-state index in [0.29, 0.717) is 16.8 Å². The number of amides is 1. The summed E-state index contributed by atoms with van der Waals surface area (Å²) in [6.45, 7) is 3.48. The van der Waals surface area contributed by atoms with Crippen molar-refractivity contribution >= 4 is 28.8 Å². The fourth-order valence-electron chi connectivity index (χ4n) is 4.09. The minimum absolute atomic E-state index is 0.0230. The maximum absolute atomic E-state index is 13.8. The summed E-state index contributed by atoms with van der Waals surface area (Å²) in [5, 5.41) is 11.2. The number of halogens is 1. The lowest BCUT2D eigenvalue weighted by molar-refractivity contribution is -0.132. The highest BCUT2D eigenvalue weighted by Crippen LogP contribution is 2.42. The normalized spacial score (nSPS) is 17.5. The van der Waals surface area contributed by atoms with Gasteiger partial charge in [0.25, 0.3) is 11.7 Å². The molecule has 168 valence electrons. The molecular weight excluding hydrogens is 419 g/mol. The molecule has 1 heterocycles. The minimum Gasteiger partial charge on any atom is -0.507 e. The van der Waals surface area contributed by atoms with E-state index in [2.05, 4.69) is 0 Å². The van der Waals surface area contributed by atoms with Gasteiger partial charge in [0.15, 0.2) is 0 Å². The maximum atomic E-state index is 13.8. The van der Waals surface area contributed by atoms with E-state index in [1.165, 1.54) is 23.1 Å². The summed E-state index contributed by atoms with van der Waals surface area (Å²) in [4.78, 5) is 29.8. The highest BCUT2D eigenvalue weighted by molar-refractivity contribution is 6.51. The average molecular weight is 445 g/mol. The second-order valence-electron chi connectivity index (χ2n) is 8.46. The van der Waals surface area contributed by atoms with Gasteiger partial charge in [0.05, 0.1) is 11.6 Å². The van der Waals surface area contributed by atoms with E-state index >= 15 is 0 Å². The van der Waals surface area contributed by atoms with Crippen molar-refractivity contribution in [2.24, 2.45) is 0 Å². The molecular formula is C27H25FN2O3. The molecule has 0 bridgehead atoms. The predicted molar refractivity (Wildman–Crippen MR) is 128 cm³/mol. The SMILES string of the molecule is Cc1cccc(N2C(=O)C(=O)/C(=C(\O)c3ccc(F)c(C)c3)C2c2ccc(N(C)C)cc2)c1. The fraction of sp³-hybridized carbons (Fsp3) is 0.185. The third-order valence-electron chi connectivity index (χ3n) is 5.88. The van der Waals surface area contributed by atoms with Gasteiger partial charge in [-0.15, -0.1) is 0 Å². The van der Waals surface area contributed by atoms with Gasteiger partial charge in [-0.2, -0.15) is 0 Å². The van der Waals surface area contributed by atoms with E-state index in [1.54, 1.807) is 13.0 Å². The number of anilines is 2. The molecule has 1 aliphatic rings. The Morgan fingerprint density at radius 2 is 1.67 bits per heavy atom. The third-order valence-corrected chi connectivity index (χ3v) is 5.88. The summed E-state index contributed by atoms with van der Waals surface area (Å²) in [6.07, 6.45) is 0. The number of carbonyl (C=O) groups is 2. The lowest BCUT2D eigenvalue weighted by Crippen LogP contribution is -2.29. The van der Waals surface area contributed by atoms with Crippen molar-refractivity contribution in [1.82, 2.24) is 0 Å². The second-order valence-corrected chi connectivity index (χ2v) is 8.46. The second kappa shape index (κ2) is 8.54. The first-order valence-corrected chi connectivity index (χ1v) is 10.6. The van der Waals surface area contributed by atoms with Gasteiger partial charge in [-0.1, -0.05) is 24.3 Å². The van der Waals surface area contributed by atoms with E-state index < -0.39 is 23.5 Å². The molecule has 33 heavy (non-hydrogen) atoms. The molecule has 0 radical (unpaired) electrons. The van der Waals surface area contributed by atoms with Gasteiger partial charge in [-0.25, -0.2) is 4.39 Å². The molecule has 0 saturated carbocycles. The zero-order valence-electron chi connectivity index (χ0n) is 19.0. The number of hydrogen-bond donors (Lipinski definition) is 1. The van der Waals surface area contributed by atoms with Gasteiger partial charge in [0.1, 0.15) is 11.6 Å². The Bertz CT molecular complexity index is 1280. The largest absolute Gasteiger partial charge is 0.507 e. The molecule has 0 aromatic heterocycles. The van der Waals surface area contributed by atoms with Crippen molar-refractivity contribution in [2.45, 2.75) is 19.9 Å². The number of benzene rings is 3. The molecule has 1 saturated heterocycles. The molecule has 1 fully saturated rings. The van der Waals surface area contributed by atoms with Gasteiger partial charge in [0.2, 0.25) is 0 Å². The molecule has 1 amide bonds. The summed E-state index contributed by atoms with van der Waals surface area (Å²) in [7, 11) is 3.84. The van der Waals surface area contributed by atoms with Crippen molar-refractivity contribution in [3.63, 3.8) is 0 Å². The lowest BCUT2D eigenvalue weighted by atomic mass is 9.94. The van der Waals surface area contributed by atoms with Crippen LogP contribution >= 0.6 is 0 Å². The summed E-state index contributed by atoms with van der Waals surface area (Å²) >= 11 is 0. The van der Waals surface area contributed by atoms with Crippen LogP contribution in [0.1, 0.15) is 28.3 Å². The van der Waals surface area contributed by atoms with E-state index in [0.717, 1.165) is 11.3 Å². The van der Waals surface area contributed by atoms with Crippen molar-refractivity contribution in [3.05, 3.63) is 100 Å². The van der Waals surface area contributed by atoms with Gasteiger partial charge < -0.3 is 10.0 Å². The van der Waals surface area contributed by atoms with E-state index in [9.17, 15) is 19.1 Å². The van der Waals surface area contributed by atoms with Crippen LogP contribution < -0.4 is 9.80 Å². The zero-order valence-corrected chi connectivity index (χ0v) is 19.0. The van der Waals surface area contributed by atoms with Crippen LogP contribution in [0.5, 0.6) is 0 Å². The summed E-state index contributed by atoms with van der Waals surface area (Å²) in [5.41, 5.74) is 3.73. The van der Waals surface area contributed by atoms with Gasteiger partial charge in [-0.3, -0.25) is 14.5 Å². The molecule has 3 aromatic rings. The highest BCUT2D eigenvalue weighted by Gasteiger charge is 2.47.